The number of ether oxygens (including phenoxy) is 2. The zero-order valence-electron chi connectivity index (χ0n) is 15.8. The number of benzene rings is 2. The summed E-state index contributed by atoms with van der Waals surface area (Å²) in [6.45, 7) is 6.26. The number of amides is 1. The van der Waals surface area contributed by atoms with E-state index in [0.29, 0.717) is 13.1 Å². The van der Waals surface area contributed by atoms with E-state index < -0.39 is 0 Å². The highest BCUT2D eigenvalue weighted by Gasteiger charge is 2.22. The highest BCUT2D eigenvalue weighted by atomic mass is 16.5. The van der Waals surface area contributed by atoms with Crippen molar-refractivity contribution in [2.75, 3.05) is 26.8 Å². The number of rotatable bonds is 6. The molecule has 1 aliphatic heterocycles. The van der Waals surface area contributed by atoms with Crippen molar-refractivity contribution in [3.8, 4) is 16.9 Å². The van der Waals surface area contributed by atoms with E-state index in [4.69, 9.17) is 9.47 Å². The minimum Gasteiger partial charge on any atom is -0.497 e. The second-order valence-corrected chi connectivity index (χ2v) is 6.74. The average molecular weight is 353 g/mol. The highest BCUT2D eigenvalue weighted by Crippen LogP contribution is 2.27. The zero-order chi connectivity index (χ0) is 18.5. The van der Waals surface area contributed by atoms with Crippen LogP contribution in [-0.4, -0.2) is 43.7 Å². The van der Waals surface area contributed by atoms with E-state index in [2.05, 4.69) is 13.0 Å². The summed E-state index contributed by atoms with van der Waals surface area (Å²) < 4.78 is 10.9. The van der Waals surface area contributed by atoms with Crippen molar-refractivity contribution in [3.63, 3.8) is 0 Å². The van der Waals surface area contributed by atoms with Crippen molar-refractivity contribution in [2.24, 2.45) is 0 Å². The number of carbonyl (C=O) groups is 1. The molecule has 0 N–H and O–H groups in total. The van der Waals surface area contributed by atoms with Crippen LogP contribution in [0.1, 0.15) is 35.7 Å². The van der Waals surface area contributed by atoms with Crippen molar-refractivity contribution in [1.82, 2.24) is 4.90 Å². The van der Waals surface area contributed by atoms with E-state index in [9.17, 15) is 4.79 Å². The molecule has 2 aromatic carbocycles. The molecule has 0 aromatic heterocycles. The van der Waals surface area contributed by atoms with Gasteiger partial charge in [0.05, 0.1) is 13.2 Å². The number of hydrogen-bond acceptors (Lipinski definition) is 3. The van der Waals surface area contributed by atoms with Crippen LogP contribution in [0.3, 0.4) is 0 Å². The Morgan fingerprint density at radius 2 is 2.00 bits per heavy atom. The van der Waals surface area contributed by atoms with E-state index in [-0.39, 0.29) is 12.0 Å². The van der Waals surface area contributed by atoms with Gasteiger partial charge in [0.2, 0.25) is 0 Å². The van der Waals surface area contributed by atoms with Crippen molar-refractivity contribution < 1.29 is 14.3 Å². The van der Waals surface area contributed by atoms with Crippen molar-refractivity contribution in [3.05, 3.63) is 53.6 Å². The first-order chi connectivity index (χ1) is 12.6. The fraction of sp³-hybridized carbons (Fsp3) is 0.409. The van der Waals surface area contributed by atoms with Crippen molar-refractivity contribution in [2.45, 2.75) is 32.8 Å². The molecule has 138 valence electrons. The Hall–Kier alpha value is -2.33. The molecule has 26 heavy (non-hydrogen) atoms. The second-order valence-electron chi connectivity index (χ2n) is 6.74. The van der Waals surface area contributed by atoms with Gasteiger partial charge in [-0.25, -0.2) is 0 Å². The molecule has 3 rings (SSSR count). The molecule has 4 nitrogen and oxygen atoms in total. The topological polar surface area (TPSA) is 38.8 Å². The van der Waals surface area contributed by atoms with Crippen LogP contribution in [-0.2, 0) is 4.74 Å². The third-order valence-corrected chi connectivity index (χ3v) is 4.99. The maximum absolute atomic E-state index is 12.8. The lowest BCUT2D eigenvalue weighted by molar-refractivity contribution is 0.0539. The molecule has 1 aliphatic rings. The molecule has 0 spiro atoms. The molecule has 1 heterocycles. The molecule has 0 saturated carbocycles. The average Bonchev–Trinajstić information content (AvgIpc) is 3.19. The summed E-state index contributed by atoms with van der Waals surface area (Å²) in [6, 6.07) is 13.9. The molecule has 0 bridgehead atoms. The summed E-state index contributed by atoms with van der Waals surface area (Å²) >= 11 is 0. The van der Waals surface area contributed by atoms with Crippen molar-refractivity contribution >= 4 is 5.91 Å². The number of likely N-dealkylation sites (N-methyl/N-ethyl adjacent to an activating group) is 1. The number of carbonyl (C=O) groups excluding carboxylic acids is 1. The van der Waals surface area contributed by atoms with Crippen LogP contribution >= 0.6 is 0 Å². The van der Waals surface area contributed by atoms with E-state index in [0.717, 1.165) is 47.5 Å². The molecule has 0 aliphatic carbocycles. The zero-order valence-corrected chi connectivity index (χ0v) is 15.8. The number of hydrogen-bond donors (Lipinski definition) is 0. The molecule has 0 unspecified atom stereocenters. The summed E-state index contributed by atoms with van der Waals surface area (Å²) in [6.07, 6.45) is 2.31. The lowest BCUT2D eigenvalue weighted by Crippen LogP contribution is -2.37. The summed E-state index contributed by atoms with van der Waals surface area (Å²) in [7, 11) is 1.67. The third kappa shape index (κ3) is 4.07. The van der Waals surface area contributed by atoms with Crippen molar-refractivity contribution in [1.29, 1.82) is 0 Å². The van der Waals surface area contributed by atoms with Gasteiger partial charge in [0.15, 0.2) is 0 Å². The standard InChI is InChI=1S/C22H27NO3/c1-4-23(15-20-6-5-13-26-20)22(24)18-9-7-17(8-10-18)21-12-11-19(25-3)14-16(21)2/h7-12,14,20H,4-6,13,15H2,1-3H3/t20-/m0/s1. The monoisotopic (exact) mass is 353 g/mol. The van der Waals surface area contributed by atoms with Crippen LogP contribution in [0.15, 0.2) is 42.5 Å². The number of nitrogens with zero attached hydrogens (tertiary/aromatic N) is 1. The first-order valence-electron chi connectivity index (χ1n) is 9.28. The molecule has 4 heteroatoms. The molecule has 1 saturated heterocycles. The molecule has 0 radical (unpaired) electrons. The fourth-order valence-corrected chi connectivity index (χ4v) is 3.45. The first kappa shape index (κ1) is 18.5. The largest absolute Gasteiger partial charge is 0.497 e. The smallest absolute Gasteiger partial charge is 0.253 e. The molecule has 1 fully saturated rings. The Morgan fingerprint density at radius 1 is 1.23 bits per heavy atom. The quantitative estimate of drug-likeness (QED) is 0.777. The van der Waals surface area contributed by atoms with Gasteiger partial charge >= 0.3 is 0 Å². The molecule has 1 atom stereocenters. The summed E-state index contributed by atoms with van der Waals surface area (Å²) in [5, 5.41) is 0. The normalized spacial score (nSPS) is 16.5. The van der Waals surface area contributed by atoms with Gasteiger partial charge in [-0.15, -0.1) is 0 Å². The molecule has 1 amide bonds. The van der Waals surface area contributed by atoms with Gasteiger partial charge < -0.3 is 14.4 Å². The van der Waals surface area contributed by atoms with Crippen LogP contribution < -0.4 is 4.74 Å². The Labute approximate surface area is 155 Å². The summed E-state index contributed by atoms with van der Waals surface area (Å²) in [4.78, 5) is 14.7. The Morgan fingerprint density at radius 3 is 2.58 bits per heavy atom. The predicted octanol–water partition coefficient (Wildman–Crippen LogP) is 4.31. The van der Waals surface area contributed by atoms with Gasteiger partial charge in [0.1, 0.15) is 5.75 Å². The van der Waals surface area contributed by atoms with E-state index >= 15 is 0 Å². The second kappa shape index (κ2) is 8.37. The lowest BCUT2D eigenvalue weighted by atomic mass is 9.99. The van der Waals surface area contributed by atoms with Crippen LogP contribution in [0.25, 0.3) is 11.1 Å². The third-order valence-electron chi connectivity index (χ3n) is 4.99. The number of aryl methyl sites for hydroxylation is 1. The molecule has 2 aromatic rings. The van der Waals surface area contributed by atoms with Gasteiger partial charge in [-0.1, -0.05) is 18.2 Å². The van der Waals surface area contributed by atoms with Gasteiger partial charge in [0, 0.05) is 25.3 Å². The number of methoxy groups -OCH3 is 1. The van der Waals surface area contributed by atoms with Gasteiger partial charge in [-0.3, -0.25) is 4.79 Å². The van der Waals surface area contributed by atoms with Crippen LogP contribution in [0.2, 0.25) is 0 Å². The van der Waals surface area contributed by atoms with Crippen LogP contribution in [0.5, 0.6) is 5.75 Å². The van der Waals surface area contributed by atoms with Crippen LogP contribution in [0.4, 0.5) is 0 Å². The first-order valence-corrected chi connectivity index (χ1v) is 9.28. The minimum atomic E-state index is 0.0704. The lowest BCUT2D eigenvalue weighted by Gasteiger charge is -2.24. The van der Waals surface area contributed by atoms with Gasteiger partial charge in [0.25, 0.3) is 5.91 Å². The summed E-state index contributed by atoms with van der Waals surface area (Å²) in [5.41, 5.74) is 4.12. The maximum Gasteiger partial charge on any atom is 0.253 e. The fourth-order valence-electron chi connectivity index (χ4n) is 3.45. The SMILES string of the molecule is CCN(C[C@@H]1CCCO1)C(=O)c1ccc(-c2ccc(OC)cc2C)cc1. The summed E-state index contributed by atoms with van der Waals surface area (Å²) in [5.74, 6) is 0.923. The van der Waals surface area contributed by atoms with Gasteiger partial charge in [-0.05, 0) is 67.6 Å². The maximum atomic E-state index is 12.8. The minimum absolute atomic E-state index is 0.0704. The van der Waals surface area contributed by atoms with E-state index in [1.807, 2.05) is 48.2 Å². The molecular formula is C22H27NO3. The Bertz CT molecular complexity index is 748. The van der Waals surface area contributed by atoms with Gasteiger partial charge in [-0.2, -0.15) is 0 Å². The Balaban J connectivity index is 1.74. The Kier molecular flexibility index (Phi) is 5.94. The molecular weight excluding hydrogens is 326 g/mol. The predicted molar refractivity (Wildman–Crippen MR) is 104 cm³/mol. The van der Waals surface area contributed by atoms with E-state index in [1.165, 1.54) is 0 Å². The highest BCUT2D eigenvalue weighted by molar-refractivity contribution is 5.94. The van der Waals surface area contributed by atoms with Crippen LogP contribution in [0, 0.1) is 6.92 Å². The van der Waals surface area contributed by atoms with E-state index in [1.54, 1.807) is 7.11 Å².